The number of rotatable bonds is 2. The number of nitrogens with one attached hydrogen (secondary N) is 1. The van der Waals surface area contributed by atoms with Crippen LogP contribution in [0.3, 0.4) is 0 Å². The van der Waals surface area contributed by atoms with E-state index in [2.05, 4.69) is 32.8 Å². The Hall–Kier alpha value is -1.72. The topological polar surface area (TPSA) is 54.9 Å². The van der Waals surface area contributed by atoms with Gasteiger partial charge in [-0.05, 0) is 15.9 Å². The summed E-state index contributed by atoms with van der Waals surface area (Å²) in [5.41, 5.74) is -0.630. The second-order valence-corrected chi connectivity index (χ2v) is 3.49. The Morgan fingerprint density at radius 1 is 1.33 bits per heavy atom. The van der Waals surface area contributed by atoms with Crippen LogP contribution in [-0.2, 0) is 13.0 Å². The highest BCUT2D eigenvalue weighted by Gasteiger charge is 2.09. The Morgan fingerprint density at radius 3 is 2.53 bits per heavy atom. The van der Waals surface area contributed by atoms with Gasteiger partial charge < -0.3 is 4.98 Å². The number of halogens is 1. The number of aromatic nitrogens is 2. The number of nitrogens with zero attached hydrogens (tertiary/aromatic N) is 1. The van der Waals surface area contributed by atoms with Gasteiger partial charge in [0.1, 0.15) is 4.47 Å². The average molecular weight is 267 g/mol. The number of aromatic amines is 1. The predicted molar refractivity (Wildman–Crippen MR) is 60.4 cm³/mol. The molecule has 1 aromatic heterocycles. The third-order valence-corrected chi connectivity index (χ3v) is 2.55. The third kappa shape index (κ3) is 2.20. The number of terminal acetylenes is 2. The molecule has 0 fully saturated rings. The van der Waals surface area contributed by atoms with Crippen LogP contribution in [0.1, 0.15) is 5.69 Å². The lowest BCUT2D eigenvalue weighted by atomic mass is 10.3. The van der Waals surface area contributed by atoms with Crippen LogP contribution in [0.25, 0.3) is 0 Å². The van der Waals surface area contributed by atoms with Crippen LogP contribution in [-0.4, -0.2) is 9.55 Å². The van der Waals surface area contributed by atoms with E-state index in [1.54, 1.807) is 0 Å². The molecular formula is C10H7BrN2O2. The smallest absolute Gasteiger partial charge is 0.309 e. The molecule has 1 N–H and O–H groups in total. The van der Waals surface area contributed by atoms with Gasteiger partial charge in [-0.15, -0.1) is 18.8 Å². The molecule has 4 nitrogen and oxygen atoms in total. The first-order chi connectivity index (χ1) is 7.11. The van der Waals surface area contributed by atoms with Crippen molar-refractivity contribution in [3.8, 4) is 24.7 Å². The summed E-state index contributed by atoms with van der Waals surface area (Å²) in [5, 5.41) is 0. The van der Waals surface area contributed by atoms with E-state index in [0.717, 1.165) is 4.57 Å². The summed E-state index contributed by atoms with van der Waals surface area (Å²) in [6.45, 7) is -0.0664. The van der Waals surface area contributed by atoms with Crippen LogP contribution >= 0.6 is 15.9 Å². The van der Waals surface area contributed by atoms with Crippen LogP contribution in [0.2, 0.25) is 0 Å². The Bertz CT molecular complexity index is 569. The first-order valence-corrected chi connectivity index (χ1v) is 4.79. The summed E-state index contributed by atoms with van der Waals surface area (Å²) in [6.07, 6.45) is 10.3. The van der Waals surface area contributed by atoms with Crippen molar-refractivity contribution < 1.29 is 0 Å². The molecule has 0 aliphatic rings. The van der Waals surface area contributed by atoms with Gasteiger partial charge in [-0.1, -0.05) is 5.92 Å². The zero-order chi connectivity index (χ0) is 11.4. The van der Waals surface area contributed by atoms with Crippen molar-refractivity contribution in [1.82, 2.24) is 9.55 Å². The van der Waals surface area contributed by atoms with E-state index in [4.69, 9.17) is 12.8 Å². The van der Waals surface area contributed by atoms with Crippen LogP contribution < -0.4 is 11.2 Å². The molecule has 0 bridgehead atoms. The van der Waals surface area contributed by atoms with Crippen molar-refractivity contribution >= 4 is 15.9 Å². The molecule has 15 heavy (non-hydrogen) atoms. The minimum atomic E-state index is -0.550. The second kappa shape index (κ2) is 4.68. The monoisotopic (exact) mass is 266 g/mol. The van der Waals surface area contributed by atoms with Crippen LogP contribution in [0.15, 0.2) is 14.1 Å². The molecule has 1 rings (SSSR count). The van der Waals surface area contributed by atoms with Gasteiger partial charge in [-0.3, -0.25) is 4.79 Å². The van der Waals surface area contributed by atoms with E-state index in [9.17, 15) is 9.59 Å². The summed E-state index contributed by atoms with van der Waals surface area (Å²) < 4.78 is 1.17. The summed E-state index contributed by atoms with van der Waals surface area (Å²) >= 11 is 3.07. The summed E-state index contributed by atoms with van der Waals surface area (Å²) in [5.74, 6) is 4.57. The van der Waals surface area contributed by atoms with Crippen molar-refractivity contribution in [1.29, 1.82) is 0 Å². The quantitative estimate of drug-likeness (QED) is 0.773. The highest BCUT2D eigenvalue weighted by atomic mass is 79.9. The fourth-order valence-corrected chi connectivity index (χ4v) is 1.50. The number of hydrogen-bond acceptors (Lipinski definition) is 2. The molecule has 5 heteroatoms. The van der Waals surface area contributed by atoms with Crippen LogP contribution in [0.5, 0.6) is 0 Å². The second-order valence-electron chi connectivity index (χ2n) is 2.70. The Kier molecular flexibility index (Phi) is 3.54. The van der Waals surface area contributed by atoms with E-state index in [0.29, 0.717) is 5.69 Å². The number of hydrogen-bond donors (Lipinski definition) is 1. The minimum Gasteiger partial charge on any atom is -0.309 e. The van der Waals surface area contributed by atoms with E-state index in [1.807, 2.05) is 0 Å². The van der Waals surface area contributed by atoms with Gasteiger partial charge in [0.05, 0.1) is 18.7 Å². The van der Waals surface area contributed by atoms with Crippen molar-refractivity contribution in [2.75, 3.05) is 0 Å². The molecule has 0 aliphatic heterocycles. The zero-order valence-electron chi connectivity index (χ0n) is 7.71. The van der Waals surface area contributed by atoms with Crippen LogP contribution in [0, 0.1) is 24.7 Å². The molecule has 0 aromatic carbocycles. The van der Waals surface area contributed by atoms with Gasteiger partial charge in [-0.2, -0.15) is 0 Å². The van der Waals surface area contributed by atoms with E-state index >= 15 is 0 Å². The molecule has 0 unspecified atom stereocenters. The van der Waals surface area contributed by atoms with Gasteiger partial charge in [0.25, 0.3) is 5.56 Å². The molecule has 0 spiro atoms. The SMILES string of the molecule is C#CCc1[nH]c(=O)n(CC#C)c(=O)c1Br. The summed E-state index contributed by atoms with van der Waals surface area (Å²) in [7, 11) is 0. The fraction of sp³-hybridized carbons (Fsp3) is 0.200. The van der Waals surface area contributed by atoms with Gasteiger partial charge >= 0.3 is 5.69 Å². The lowest BCUT2D eigenvalue weighted by Gasteiger charge is -2.03. The standard InChI is InChI=1S/C10H7BrN2O2/c1-3-5-7-8(11)9(14)13(6-4-2)10(15)12-7/h1-2H,5-6H2,(H,12,15). The third-order valence-electron chi connectivity index (χ3n) is 1.73. The number of H-pyrrole nitrogens is 1. The molecule has 0 radical (unpaired) electrons. The van der Waals surface area contributed by atoms with E-state index in [-0.39, 0.29) is 17.4 Å². The molecule has 1 aromatic rings. The molecule has 1 heterocycles. The first kappa shape index (κ1) is 11.4. The largest absolute Gasteiger partial charge is 0.329 e. The van der Waals surface area contributed by atoms with Crippen molar-refractivity contribution in [2.24, 2.45) is 0 Å². The van der Waals surface area contributed by atoms with Gasteiger partial charge in [0, 0.05) is 0 Å². The van der Waals surface area contributed by atoms with Crippen molar-refractivity contribution in [3.63, 3.8) is 0 Å². The summed E-state index contributed by atoms with van der Waals surface area (Å²) in [6, 6.07) is 0. The lowest BCUT2D eigenvalue weighted by molar-refractivity contribution is 0.710. The fourth-order valence-electron chi connectivity index (χ4n) is 1.05. The predicted octanol–water partition coefficient (Wildman–Crippen LogP) is 0.108. The van der Waals surface area contributed by atoms with Gasteiger partial charge in [0.15, 0.2) is 0 Å². The first-order valence-electron chi connectivity index (χ1n) is 4.00. The van der Waals surface area contributed by atoms with Gasteiger partial charge in [-0.25, -0.2) is 9.36 Å². The molecule has 0 aliphatic carbocycles. The maximum absolute atomic E-state index is 11.6. The molecule has 0 saturated carbocycles. The van der Waals surface area contributed by atoms with E-state index < -0.39 is 11.2 Å². The maximum Gasteiger partial charge on any atom is 0.329 e. The average Bonchev–Trinajstić information content (AvgIpc) is 2.21. The molecule has 0 atom stereocenters. The van der Waals surface area contributed by atoms with Crippen LogP contribution in [0.4, 0.5) is 0 Å². The molecular weight excluding hydrogens is 260 g/mol. The normalized spacial score (nSPS) is 9.27. The van der Waals surface area contributed by atoms with Gasteiger partial charge in [0.2, 0.25) is 0 Å². The minimum absolute atomic E-state index is 0.0664. The highest BCUT2D eigenvalue weighted by Crippen LogP contribution is 2.06. The Morgan fingerprint density at radius 2 is 2.00 bits per heavy atom. The maximum atomic E-state index is 11.6. The Balaban J connectivity index is 3.48. The van der Waals surface area contributed by atoms with Crippen molar-refractivity contribution in [2.45, 2.75) is 13.0 Å². The summed E-state index contributed by atoms with van der Waals surface area (Å²) in [4.78, 5) is 25.5. The van der Waals surface area contributed by atoms with E-state index in [1.165, 1.54) is 0 Å². The van der Waals surface area contributed by atoms with Crippen molar-refractivity contribution in [3.05, 3.63) is 31.0 Å². The highest BCUT2D eigenvalue weighted by molar-refractivity contribution is 9.10. The molecule has 0 saturated heterocycles. The Labute approximate surface area is 94.5 Å². The zero-order valence-corrected chi connectivity index (χ0v) is 9.30. The lowest BCUT2D eigenvalue weighted by Crippen LogP contribution is -2.36. The molecule has 0 amide bonds. The molecule has 76 valence electrons.